The summed E-state index contributed by atoms with van der Waals surface area (Å²) in [4.78, 5) is 23.7. The van der Waals surface area contributed by atoms with Crippen LogP contribution in [0.4, 0.5) is 0 Å². The average molecular weight is 406 g/mol. The predicted octanol–water partition coefficient (Wildman–Crippen LogP) is 3.32. The lowest BCUT2D eigenvalue weighted by molar-refractivity contribution is -0.121. The van der Waals surface area contributed by atoms with Gasteiger partial charge in [-0.1, -0.05) is 24.6 Å². The molecule has 1 aromatic carbocycles. The zero-order valence-corrected chi connectivity index (χ0v) is 17.9. The Morgan fingerprint density at radius 2 is 2.10 bits per heavy atom. The number of fused-ring (bicyclic) bond motifs is 1. The van der Waals surface area contributed by atoms with Gasteiger partial charge < -0.3 is 9.88 Å². The third-order valence-corrected chi connectivity index (χ3v) is 6.10. The van der Waals surface area contributed by atoms with Crippen molar-refractivity contribution in [2.75, 3.05) is 13.6 Å². The molecule has 0 unspecified atom stereocenters. The van der Waals surface area contributed by atoms with Gasteiger partial charge in [-0.25, -0.2) is 4.98 Å². The molecule has 0 bridgehead atoms. The normalized spacial score (nSPS) is 19.3. The van der Waals surface area contributed by atoms with Gasteiger partial charge >= 0.3 is 0 Å². The van der Waals surface area contributed by atoms with Crippen LogP contribution >= 0.6 is 0 Å². The van der Waals surface area contributed by atoms with Gasteiger partial charge in [0.25, 0.3) is 0 Å². The number of nitrogens with one attached hydrogen (secondary N) is 1. The van der Waals surface area contributed by atoms with Crippen LogP contribution in [0.5, 0.6) is 0 Å². The van der Waals surface area contributed by atoms with Crippen LogP contribution in [0.2, 0.25) is 0 Å². The molecule has 6 nitrogen and oxygen atoms in total. The molecule has 0 aliphatic heterocycles. The van der Waals surface area contributed by atoms with Crippen molar-refractivity contribution in [3.05, 3.63) is 60.2 Å². The van der Waals surface area contributed by atoms with Gasteiger partial charge in [0.05, 0.1) is 24.0 Å². The molecule has 1 saturated carbocycles. The highest BCUT2D eigenvalue weighted by Gasteiger charge is 2.24. The monoisotopic (exact) mass is 405 g/mol. The molecule has 1 fully saturated rings. The fourth-order valence-corrected chi connectivity index (χ4v) is 4.64. The van der Waals surface area contributed by atoms with Gasteiger partial charge in [-0.3, -0.25) is 14.7 Å². The highest BCUT2D eigenvalue weighted by Crippen LogP contribution is 2.25. The lowest BCUT2D eigenvalue weighted by atomic mass is 9.85. The van der Waals surface area contributed by atoms with Crippen LogP contribution in [0.25, 0.3) is 11.0 Å². The van der Waals surface area contributed by atoms with Crippen LogP contribution < -0.4 is 5.32 Å². The second-order valence-corrected chi connectivity index (χ2v) is 8.61. The second-order valence-electron chi connectivity index (χ2n) is 8.61. The minimum Gasteiger partial charge on any atom is -0.353 e. The van der Waals surface area contributed by atoms with Crippen LogP contribution in [-0.4, -0.2) is 45.0 Å². The molecule has 30 heavy (non-hydrogen) atoms. The first-order chi connectivity index (χ1) is 14.6. The number of aryl methyl sites for hydroxylation is 1. The molecule has 6 heteroatoms. The van der Waals surface area contributed by atoms with Crippen molar-refractivity contribution in [1.82, 2.24) is 24.8 Å². The number of amides is 1. The summed E-state index contributed by atoms with van der Waals surface area (Å²) in [6.07, 6.45) is 8.41. The first kappa shape index (κ1) is 20.5. The van der Waals surface area contributed by atoms with Crippen molar-refractivity contribution in [3.8, 4) is 0 Å². The maximum Gasteiger partial charge on any atom is 0.224 e. The quantitative estimate of drug-likeness (QED) is 0.655. The Balaban J connectivity index is 1.29. The standard InChI is InChI=1S/C24H31N5O/c1-28(17-23-27-21-10-3-4-11-22(21)29(23)2)16-19-7-5-9-20(13-19)26-24(30)14-18-8-6-12-25-15-18/h3-4,6,8,10-12,15,19-20H,5,7,9,13-14,16-17H2,1-2H3,(H,26,30)/t19-,20-/m1/s1. The summed E-state index contributed by atoms with van der Waals surface area (Å²) >= 11 is 0. The van der Waals surface area contributed by atoms with E-state index in [2.05, 4.69) is 52.1 Å². The summed E-state index contributed by atoms with van der Waals surface area (Å²) in [6, 6.07) is 12.4. The summed E-state index contributed by atoms with van der Waals surface area (Å²) < 4.78 is 2.19. The van der Waals surface area contributed by atoms with Crippen LogP contribution in [-0.2, 0) is 24.8 Å². The number of aromatic nitrogens is 3. The Labute approximate surface area is 178 Å². The molecule has 2 aromatic heterocycles. The topological polar surface area (TPSA) is 63.1 Å². The Morgan fingerprint density at radius 1 is 1.23 bits per heavy atom. The fraction of sp³-hybridized carbons (Fsp3) is 0.458. The van der Waals surface area contributed by atoms with Crippen LogP contribution in [0.1, 0.15) is 37.1 Å². The smallest absolute Gasteiger partial charge is 0.224 e. The Morgan fingerprint density at radius 3 is 2.90 bits per heavy atom. The molecule has 158 valence electrons. The molecule has 1 aliphatic rings. The molecule has 2 heterocycles. The zero-order chi connectivity index (χ0) is 20.9. The number of hydrogen-bond donors (Lipinski definition) is 1. The van der Waals surface area contributed by atoms with E-state index in [1.54, 1.807) is 12.4 Å². The van der Waals surface area contributed by atoms with Crippen LogP contribution in [0.15, 0.2) is 48.8 Å². The Bertz CT molecular complexity index is 984. The van der Waals surface area contributed by atoms with E-state index in [9.17, 15) is 4.79 Å². The molecule has 1 N–H and O–H groups in total. The summed E-state index contributed by atoms with van der Waals surface area (Å²) in [5, 5.41) is 3.25. The first-order valence-corrected chi connectivity index (χ1v) is 10.9. The number of imidazole rings is 1. The number of nitrogens with zero attached hydrogens (tertiary/aromatic N) is 4. The number of benzene rings is 1. The summed E-state index contributed by atoms with van der Waals surface area (Å²) in [6.45, 7) is 1.86. The lowest BCUT2D eigenvalue weighted by Gasteiger charge is -2.32. The minimum atomic E-state index is 0.0988. The number of carbonyl (C=O) groups is 1. The molecule has 1 aliphatic carbocycles. The Hall–Kier alpha value is -2.73. The van der Waals surface area contributed by atoms with E-state index < -0.39 is 0 Å². The third kappa shape index (κ3) is 5.05. The van der Waals surface area contributed by atoms with E-state index in [-0.39, 0.29) is 11.9 Å². The molecule has 4 rings (SSSR count). The number of hydrogen-bond acceptors (Lipinski definition) is 4. The molecule has 3 aromatic rings. The van der Waals surface area contributed by atoms with Gasteiger partial charge in [0.1, 0.15) is 5.82 Å². The molecular weight excluding hydrogens is 374 g/mol. The van der Waals surface area contributed by atoms with Crippen molar-refractivity contribution >= 4 is 16.9 Å². The van der Waals surface area contributed by atoms with Gasteiger partial charge in [-0.05, 0) is 56.0 Å². The summed E-state index contributed by atoms with van der Waals surface area (Å²) in [5.74, 6) is 1.79. The lowest BCUT2D eigenvalue weighted by Crippen LogP contribution is -2.41. The highest BCUT2D eigenvalue weighted by molar-refractivity contribution is 5.78. The number of para-hydroxylation sites is 2. The first-order valence-electron chi connectivity index (χ1n) is 10.9. The summed E-state index contributed by atoms with van der Waals surface area (Å²) in [5.41, 5.74) is 3.19. The molecular formula is C24H31N5O. The van der Waals surface area contributed by atoms with E-state index in [0.717, 1.165) is 42.8 Å². The largest absolute Gasteiger partial charge is 0.353 e. The van der Waals surface area contributed by atoms with Crippen molar-refractivity contribution in [2.45, 2.75) is 44.7 Å². The maximum absolute atomic E-state index is 12.4. The third-order valence-electron chi connectivity index (χ3n) is 6.10. The van der Waals surface area contributed by atoms with Gasteiger partial charge in [-0.15, -0.1) is 0 Å². The van der Waals surface area contributed by atoms with Gasteiger partial charge in [0, 0.05) is 32.0 Å². The minimum absolute atomic E-state index is 0.0988. The highest BCUT2D eigenvalue weighted by atomic mass is 16.1. The van der Waals surface area contributed by atoms with E-state index in [0.29, 0.717) is 12.3 Å². The molecule has 1 amide bonds. The van der Waals surface area contributed by atoms with Crippen molar-refractivity contribution in [3.63, 3.8) is 0 Å². The van der Waals surface area contributed by atoms with E-state index in [4.69, 9.17) is 4.98 Å². The molecule has 0 spiro atoms. The fourth-order valence-electron chi connectivity index (χ4n) is 4.64. The Kier molecular flexibility index (Phi) is 6.43. The maximum atomic E-state index is 12.4. The van der Waals surface area contributed by atoms with E-state index >= 15 is 0 Å². The van der Waals surface area contributed by atoms with Crippen molar-refractivity contribution in [1.29, 1.82) is 0 Å². The van der Waals surface area contributed by atoms with Gasteiger partial charge in [0.15, 0.2) is 0 Å². The van der Waals surface area contributed by atoms with Crippen LogP contribution in [0, 0.1) is 5.92 Å². The second kappa shape index (κ2) is 9.39. The van der Waals surface area contributed by atoms with Gasteiger partial charge in [0.2, 0.25) is 5.91 Å². The number of rotatable bonds is 7. The SMILES string of the molecule is CN(Cc1nc2ccccc2n1C)C[C@@H]1CCC[C@@H](NC(=O)Cc2cccnc2)C1. The molecule has 2 atom stereocenters. The van der Waals surface area contributed by atoms with Crippen LogP contribution in [0.3, 0.4) is 0 Å². The van der Waals surface area contributed by atoms with E-state index in [1.807, 2.05) is 18.2 Å². The zero-order valence-electron chi connectivity index (χ0n) is 17.9. The average Bonchev–Trinajstić information content (AvgIpc) is 3.04. The van der Waals surface area contributed by atoms with E-state index in [1.165, 1.54) is 18.4 Å². The summed E-state index contributed by atoms with van der Waals surface area (Å²) in [7, 11) is 4.26. The number of carbonyl (C=O) groups excluding carboxylic acids is 1. The molecule has 0 saturated heterocycles. The van der Waals surface area contributed by atoms with Crippen molar-refractivity contribution in [2.24, 2.45) is 13.0 Å². The van der Waals surface area contributed by atoms with Gasteiger partial charge in [-0.2, -0.15) is 0 Å². The predicted molar refractivity (Wildman–Crippen MR) is 119 cm³/mol. The number of pyridine rings is 1. The molecule has 0 radical (unpaired) electrons. The van der Waals surface area contributed by atoms with Crippen molar-refractivity contribution < 1.29 is 4.79 Å².